The van der Waals surface area contributed by atoms with Gasteiger partial charge in [-0.05, 0) is 63.5 Å². The summed E-state index contributed by atoms with van der Waals surface area (Å²) in [7, 11) is 0. The predicted molar refractivity (Wildman–Crippen MR) is 107 cm³/mol. The van der Waals surface area contributed by atoms with Crippen LogP contribution in [-0.2, 0) is 4.79 Å². The highest BCUT2D eigenvalue weighted by atomic mass is 16.1. The molecule has 2 aliphatic rings. The van der Waals surface area contributed by atoms with Crippen molar-refractivity contribution in [3.05, 3.63) is 24.3 Å². The maximum atomic E-state index is 11.4. The third-order valence-electron chi connectivity index (χ3n) is 6.69. The first-order chi connectivity index (χ1) is 13.7. The van der Waals surface area contributed by atoms with Gasteiger partial charge in [-0.1, -0.05) is 5.21 Å². The molecule has 1 N–H and O–H groups in total. The Kier molecular flexibility index (Phi) is 4.62. The second-order valence-electron chi connectivity index (χ2n) is 8.79. The molecule has 4 heterocycles. The number of hydrogen-bond acceptors (Lipinski definition) is 5. The number of carbonyl (C=O) groups is 1. The fraction of sp³-hybridized carbons (Fsp3) is 0.619. The van der Waals surface area contributed by atoms with E-state index in [0.29, 0.717) is 17.6 Å². The van der Waals surface area contributed by atoms with Crippen LogP contribution in [0.4, 0.5) is 0 Å². The minimum absolute atomic E-state index is 0.333. The van der Waals surface area contributed by atoms with Crippen molar-refractivity contribution in [2.75, 3.05) is 19.6 Å². The molecule has 5 rings (SSSR count). The minimum atomic E-state index is 0.333. The molecule has 0 radical (unpaired) electrons. The van der Waals surface area contributed by atoms with Gasteiger partial charge < -0.3 is 14.7 Å². The van der Waals surface area contributed by atoms with E-state index in [1.54, 1.807) is 13.3 Å². The largest absolute Gasteiger partial charge is 0.346 e. The number of aromatic amines is 1. The van der Waals surface area contributed by atoms with Crippen molar-refractivity contribution >= 4 is 22.3 Å². The number of ketones is 1. The Morgan fingerprint density at radius 1 is 1.21 bits per heavy atom. The van der Waals surface area contributed by atoms with Gasteiger partial charge in [-0.3, -0.25) is 0 Å². The van der Waals surface area contributed by atoms with Gasteiger partial charge in [0, 0.05) is 37.0 Å². The Labute approximate surface area is 164 Å². The molecule has 1 atom stereocenters. The molecule has 2 fully saturated rings. The summed E-state index contributed by atoms with van der Waals surface area (Å²) < 4.78 is 1.82. The molecule has 0 aromatic carbocycles. The zero-order chi connectivity index (χ0) is 19.1. The molecule has 148 valence electrons. The maximum Gasteiger partial charge on any atom is 0.141 e. The summed E-state index contributed by atoms with van der Waals surface area (Å²) in [6.07, 6.45) is 10.5. The van der Waals surface area contributed by atoms with E-state index in [4.69, 9.17) is 0 Å². The number of H-pyrrole nitrogens is 1. The molecular weight excluding hydrogens is 352 g/mol. The van der Waals surface area contributed by atoms with E-state index in [0.717, 1.165) is 47.7 Å². The van der Waals surface area contributed by atoms with Gasteiger partial charge >= 0.3 is 0 Å². The normalized spacial score (nSPS) is 26.4. The van der Waals surface area contributed by atoms with Crippen molar-refractivity contribution in [3.63, 3.8) is 0 Å². The van der Waals surface area contributed by atoms with Gasteiger partial charge in [0.25, 0.3) is 0 Å². The van der Waals surface area contributed by atoms with E-state index in [1.165, 1.54) is 38.6 Å². The van der Waals surface area contributed by atoms with E-state index in [-0.39, 0.29) is 0 Å². The van der Waals surface area contributed by atoms with E-state index >= 15 is 0 Å². The molecule has 1 aliphatic carbocycles. The van der Waals surface area contributed by atoms with Crippen LogP contribution in [-0.4, -0.2) is 55.1 Å². The van der Waals surface area contributed by atoms with Gasteiger partial charge in [0.2, 0.25) is 0 Å². The number of nitrogens with one attached hydrogen (secondary N) is 1. The summed E-state index contributed by atoms with van der Waals surface area (Å²) in [5.41, 5.74) is 3.15. The molecule has 1 saturated carbocycles. The first-order valence-corrected chi connectivity index (χ1v) is 10.6. The van der Waals surface area contributed by atoms with Gasteiger partial charge in [-0.25, -0.2) is 9.50 Å². The molecule has 0 bridgehead atoms. The van der Waals surface area contributed by atoms with Crippen molar-refractivity contribution in [1.82, 2.24) is 29.7 Å². The van der Waals surface area contributed by atoms with Crippen molar-refractivity contribution < 1.29 is 4.79 Å². The zero-order valence-corrected chi connectivity index (χ0v) is 16.5. The smallest absolute Gasteiger partial charge is 0.141 e. The van der Waals surface area contributed by atoms with Crippen LogP contribution in [0, 0.1) is 11.8 Å². The maximum absolute atomic E-state index is 11.4. The van der Waals surface area contributed by atoms with E-state index in [1.807, 2.05) is 10.7 Å². The van der Waals surface area contributed by atoms with Crippen LogP contribution in [0.15, 0.2) is 18.6 Å². The van der Waals surface area contributed by atoms with Crippen LogP contribution in [0.25, 0.3) is 16.6 Å². The number of rotatable bonds is 5. The number of carbonyl (C=O) groups excluding carboxylic acids is 1. The monoisotopic (exact) mass is 380 g/mol. The van der Waals surface area contributed by atoms with Crippen molar-refractivity contribution in [1.29, 1.82) is 0 Å². The molecule has 7 nitrogen and oxygen atoms in total. The van der Waals surface area contributed by atoms with Gasteiger partial charge in [0.15, 0.2) is 0 Å². The van der Waals surface area contributed by atoms with E-state index < -0.39 is 0 Å². The van der Waals surface area contributed by atoms with Gasteiger partial charge in [0.1, 0.15) is 23.3 Å². The first-order valence-electron chi connectivity index (χ1n) is 10.6. The second-order valence-corrected chi connectivity index (χ2v) is 8.79. The van der Waals surface area contributed by atoms with Crippen LogP contribution in [0.2, 0.25) is 0 Å². The topological polar surface area (TPSA) is 79.2 Å². The molecule has 0 unspecified atom stereocenters. The summed E-state index contributed by atoms with van der Waals surface area (Å²) >= 11 is 0. The van der Waals surface area contributed by atoms with Crippen LogP contribution >= 0.6 is 0 Å². The lowest BCUT2D eigenvalue weighted by atomic mass is 9.80. The molecule has 1 aliphatic heterocycles. The number of likely N-dealkylation sites (tertiary alicyclic amines) is 1. The predicted octanol–water partition coefficient (Wildman–Crippen LogP) is 3.18. The molecule has 7 heteroatoms. The summed E-state index contributed by atoms with van der Waals surface area (Å²) in [5, 5.41) is 9.95. The van der Waals surface area contributed by atoms with Crippen molar-refractivity contribution in [3.8, 4) is 0 Å². The lowest BCUT2D eigenvalue weighted by molar-refractivity contribution is -0.117. The van der Waals surface area contributed by atoms with Crippen LogP contribution < -0.4 is 0 Å². The van der Waals surface area contributed by atoms with Crippen LogP contribution in [0.5, 0.6) is 0 Å². The van der Waals surface area contributed by atoms with E-state index in [9.17, 15) is 4.79 Å². The van der Waals surface area contributed by atoms with E-state index in [2.05, 4.69) is 31.2 Å². The van der Waals surface area contributed by atoms with Crippen molar-refractivity contribution in [2.24, 2.45) is 11.8 Å². The molecule has 3 aromatic rings. The fourth-order valence-electron chi connectivity index (χ4n) is 5.33. The molecule has 1 saturated heterocycles. The summed E-state index contributed by atoms with van der Waals surface area (Å²) in [5.74, 6) is 2.16. The summed E-state index contributed by atoms with van der Waals surface area (Å²) in [6.45, 7) is 5.17. The first kappa shape index (κ1) is 17.8. The quantitative estimate of drug-likeness (QED) is 0.735. The lowest BCUT2D eigenvalue weighted by Gasteiger charge is -2.30. The third kappa shape index (κ3) is 3.32. The Balaban J connectivity index is 1.23. The zero-order valence-electron chi connectivity index (χ0n) is 16.5. The van der Waals surface area contributed by atoms with Gasteiger partial charge in [-0.2, -0.15) is 0 Å². The number of fused-ring (bicyclic) bond motifs is 3. The highest BCUT2D eigenvalue weighted by Gasteiger charge is 2.30. The average Bonchev–Trinajstić information content (AvgIpc) is 3.40. The Morgan fingerprint density at radius 3 is 2.89 bits per heavy atom. The lowest BCUT2D eigenvalue weighted by Crippen LogP contribution is -2.30. The second kappa shape index (κ2) is 7.28. The Morgan fingerprint density at radius 2 is 2.07 bits per heavy atom. The Hall–Kier alpha value is -2.28. The van der Waals surface area contributed by atoms with Crippen LogP contribution in [0.1, 0.15) is 57.1 Å². The van der Waals surface area contributed by atoms with Crippen molar-refractivity contribution in [2.45, 2.75) is 51.4 Å². The Bertz CT molecular complexity index is 983. The number of nitrogens with zero attached hydrogens (tertiary/aromatic N) is 5. The average molecular weight is 380 g/mol. The number of Topliss-reactive ketones (excluding diaryl/α,β-unsaturated/α-hetero) is 1. The molecule has 28 heavy (non-hydrogen) atoms. The molecule has 0 spiro atoms. The number of aromatic nitrogens is 5. The number of hydrogen-bond donors (Lipinski definition) is 1. The molecule has 0 amide bonds. The third-order valence-corrected chi connectivity index (χ3v) is 6.69. The summed E-state index contributed by atoms with van der Waals surface area (Å²) in [6, 6.07) is 2.07. The van der Waals surface area contributed by atoms with Crippen LogP contribution in [0.3, 0.4) is 0 Å². The highest BCUT2D eigenvalue weighted by Crippen LogP contribution is 2.38. The minimum Gasteiger partial charge on any atom is -0.346 e. The fourth-order valence-corrected chi connectivity index (χ4v) is 5.33. The molecule has 3 aromatic heterocycles. The highest BCUT2D eigenvalue weighted by molar-refractivity contribution is 5.92. The standard InChI is InChI=1S/C21H28N6O/c1-14(28)10-16-7-9-26(12-16)11-15-2-4-17(5-3-15)19-20-18-6-8-22-21(18)23-13-27(20)25-24-19/h6,8,13,15-17,22H,2-5,7,9-12H2,1H3/t15?,16-,17?/m0/s1. The van der Waals surface area contributed by atoms with Gasteiger partial charge in [-0.15, -0.1) is 5.10 Å². The SMILES string of the molecule is CC(=O)C[C@@H]1CCN(CC2CCC(c3nnn4cnc5[nH]ccc5c34)CC2)C1. The van der Waals surface area contributed by atoms with Gasteiger partial charge in [0.05, 0.1) is 5.69 Å². The summed E-state index contributed by atoms with van der Waals surface area (Å²) in [4.78, 5) is 21.5. The molecular formula is C21H28N6O.